The Morgan fingerprint density at radius 1 is 1.00 bits per heavy atom. The Kier molecular flexibility index (Phi) is 7.50. The van der Waals surface area contributed by atoms with E-state index in [1.54, 1.807) is 19.2 Å². The van der Waals surface area contributed by atoms with Crippen LogP contribution in [0.5, 0.6) is 17.2 Å². The molecule has 1 fully saturated rings. The predicted molar refractivity (Wildman–Crippen MR) is 128 cm³/mol. The highest BCUT2D eigenvalue weighted by molar-refractivity contribution is 6.05. The Morgan fingerprint density at radius 2 is 1.73 bits per heavy atom. The van der Waals surface area contributed by atoms with Gasteiger partial charge >= 0.3 is 0 Å². The normalized spacial score (nSPS) is 18.7. The zero-order valence-corrected chi connectivity index (χ0v) is 19.8. The third-order valence-electron chi connectivity index (χ3n) is 6.27. The largest absolute Gasteiger partial charge is 0.497 e. The van der Waals surface area contributed by atoms with Gasteiger partial charge in [0.05, 0.1) is 39.1 Å². The number of amides is 1. The van der Waals surface area contributed by atoms with Crippen LogP contribution in [0, 0.1) is 0 Å². The highest BCUT2D eigenvalue weighted by Crippen LogP contribution is 2.36. The molecule has 2 heterocycles. The molecule has 1 amide bonds. The van der Waals surface area contributed by atoms with Crippen LogP contribution < -0.4 is 14.2 Å². The number of nitrogens with zero attached hydrogens (tertiary/aromatic N) is 3. The minimum Gasteiger partial charge on any atom is -0.497 e. The number of benzene rings is 2. The van der Waals surface area contributed by atoms with E-state index >= 15 is 0 Å². The lowest BCUT2D eigenvalue weighted by Crippen LogP contribution is -2.40. The molecule has 0 aliphatic carbocycles. The second-order valence-electron chi connectivity index (χ2n) is 8.41. The fourth-order valence-corrected chi connectivity index (χ4v) is 4.53. The van der Waals surface area contributed by atoms with Crippen LogP contribution in [0.25, 0.3) is 0 Å². The molecular formula is C26H33N3O4. The topological polar surface area (TPSA) is 63.6 Å². The molecule has 0 aromatic heterocycles. The predicted octanol–water partition coefficient (Wildman–Crippen LogP) is 4.27. The molecule has 2 aromatic carbocycles. The van der Waals surface area contributed by atoms with Crippen molar-refractivity contribution in [1.29, 1.82) is 0 Å². The van der Waals surface area contributed by atoms with Gasteiger partial charge in [-0.3, -0.25) is 9.69 Å². The molecule has 33 heavy (non-hydrogen) atoms. The minimum absolute atomic E-state index is 0.0262. The number of rotatable bonds is 8. The van der Waals surface area contributed by atoms with Gasteiger partial charge in [-0.15, -0.1) is 0 Å². The van der Waals surface area contributed by atoms with E-state index < -0.39 is 0 Å². The fourth-order valence-electron chi connectivity index (χ4n) is 4.53. The number of methoxy groups -OCH3 is 2. The average Bonchev–Trinajstić information content (AvgIpc) is 3.30. The van der Waals surface area contributed by atoms with Gasteiger partial charge in [-0.25, -0.2) is 5.01 Å². The van der Waals surface area contributed by atoms with E-state index in [2.05, 4.69) is 4.90 Å². The maximum atomic E-state index is 13.4. The maximum absolute atomic E-state index is 13.4. The summed E-state index contributed by atoms with van der Waals surface area (Å²) >= 11 is 0. The molecule has 4 rings (SSSR count). The van der Waals surface area contributed by atoms with E-state index in [1.165, 1.54) is 6.42 Å². The number of carbonyl (C=O) groups excluding carboxylic acids is 1. The lowest BCUT2D eigenvalue weighted by molar-refractivity contribution is -0.134. The van der Waals surface area contributed by atoms with Gasteiger partial charge in [0.2, 0.25) is 0 Å². The third-order valence-corrected chi connectivity index (χ3v) is 6.27. The molecule has 0 unspecified atom stereocenters. The van der Waals surface area contributed by atoms with Crippen LogP contribution in [0.1, 0.15) is 49.8 Å². The highest BCUT2D eigenvalue weighted by Gasteiger charge is 2.34. The molecule has 0 bridgehead atoms. The molecular weight excluding hydrogens is 418 g/mol. The first-order valence-electron chi connectivity index (χ1n) is 11.7. The summed E-state index contributed by atoms with van der Waals surface area (Å²) in [5.41, 5.74) is 2.75. The molecule has 0 radical (unpaired) electrons. The SMILES string of the molecule is CCOc1ccc([C@@H]2CC(c3ccc(OC)cc3OC)=NN2C(=O)CN2CCCCC2)cc1. The van der Waals surface area contributed by atoms with E-state index in [0.29, 0.717) is 25.3 Å². The van der Waals surface area contributed by atoms with E-state index in [9.17, 15) is 4.79 Å². The summed E-state index contributed by atoms with van der Waals surface area (Å²) in [6, 6.07) is 13.5. The van der Waals surface area contributed by atoms with Crippen molar-refractivity contribution < 1.29 is 19.0 Å². The lowest BCUT2D eigenvalue weighted by atomic mass is 9.97. The highest BCUT2D eigenvalue weighted by atomic mass is 16.5. The van der Waals surface area contributed by atoms with Crippen molar-refractivity contribution >= 4 is 11.6 Å². The molecule has 0 saturated carbocycles. The number of carbonyl (C=O) groups is 1. The second kappa shape index (κ2) is 10.7. The van der Waals surface area contributed by atoms with Gasteiger partial charge in [0.25, 0.3) is 5.91 Å². The molecule has 0 spiro atoms. The van der Waals surface area contributed by atoms with Crippen LogP contribution in [-0.4, -0.2) is 62.0 Å². The molecule has 2 aliphatic heterocycles. The molecule has 0 N–H and O–H groups in total. The summed E-state index contributed by atoms with van der Waals surface area (Å²) in [7, 11) is 3.27. The van der Waals surface area contributed by atoms with E-state index in [4.69, 9.17) is 19.3 Å². The number of hydrogen-bond donors (Lipinski definition) is 0. The molecule has 1 atom stereocenters. The van der Waals surface area contributed by atoms with Gasteiger partial charge in [0.15, 0.2) is 0 Å². The first-order chi connectivity index (χ1) is 16.1. The van der Waals surface area contributed by atoms with Crippen LogP contribution in [-0.2, 0) is 4.79 Å². The summed E-state index contributed by atoms with van der Waals surface area (Å²) < 4.78 is 16.5. The van der Waals surface area contributed by atoms with Crippen LogP contribution >= 0.6 is 0 Å². The van der Waals surface area contributed by atoms with Crippen molar-refractivity contribution in [3.05, 3.63) is 53.6 Å². The Balaban J connectivity index is 1.63. The summed E-state index contributed by atoms with van der Waals surface area (Å²) in [5, 5.41) is 6.50. The van der Waals surface area contributed by atoms with Gasteiger partial charge in [0.1, 0.15) is 17.2 Å². The average molecular weight is 452 g/mol. The summed E-state index contributed by atoms with van der Waals surface area (Å²) in [5.74, 6) is 2.25. The molecule has 2 aliphatic rings. The van der Waals surface area contributed by atoms with Crippen molar-refractivity contribution in [3.8, 4) is 17.2 Å². The minimum atomic E-state index is -0.167. The fraction of sp³-hybridized carbons (Fsp3) is 0.462. The summed E-state index contributed by atoms with van der Waals surface area (Å²) in [6.45, 7) is 4.92. The van der Waals surface area contributed by atoms with Crippen molar-refractivity contribution in [3.63, 3.8) is 0 Å². The van der Waals surface area contributed by atoms with Crippen molar-refractivity contribution in [1.82, 2.24) is 9.91 Å². The molecule has 7 heteroatoms. The van der Waals surface area contributed by atoms with Gasteiger partial charge < -0.3 is 14.2 Å². The Labute approximate surface area is 195 Å². The number of hydrazone groups is 1. The zero-order chi connectivity index (χ0) is 23.2. The number of piperidine rings is 1. The van der Waals surface area contributed by atoms with Crippen LogP contribution in [0.3, 0.4) is 0 Å². The third kappa shape index (κ3) is 5.30. The Hall–Kier alpha value is -3.06. The van der Waals surface area contributed by atoms with E-state index in [0.717, 1.165) is 54.3 Å². The quantitative estimate of drug-likeness (QED) is 0.600. The number of hydrogen-bond acceptors (Lipinski definition) is 6. The first-order valence-corrected chi connectivity index (χ1v) is 11.7. The maximum Gasteiger partial charge on any atom is 0.257 e. The molecule has 176 valence electrons. The molecule has 7 nitrogen and oxygen atoms in total. The van der Waals surface area contributed by atoms with Crippen molar-refractivity contribution in [2.45, 2.75) is 38.6 Å². The zero-order valence-electron chi connectivity index (χ0n) is 19.8. The van der Waals surface area contributed by atoms with Crippen LogP contribution in [0.15, 0.2) is 47.6 Å². The Bertz CT molecular complexity index is 984. The summed E-state index contributed by atoms with van der Waals surface area (Å²) in [4.78, 5) is 15.6. The van der Waals surface area contributed by atoms with Gasteiger partial charge in [-0.1, -0.05) is 18.6 Å². The van der Waals surface area contributed by atoms with Gasteiger partial charge in [-0.2, -0.15) is 5.10 Å². The van der Waals surface area contributed by atoms with Gasteiger partial charge in [0, 0.05) is 18.1 Å². The number of likely N-dealkylation sites (tertiary alicyclic amines) is 1. The smallest absolute Gasteiger partial charge is 0.257 e. The monoisotopic (exact) mass is 451 g/mol. The first kappa shape index (κ1) is 23.1. The van der Waals surface area contributed by atoms with Gasteiger partial charge in [-0.05, 0) is 62.7 Å². The van der Waals surface area contributed by atoms with E-state index in [1.807, 2.05) is 49.4 Å². The lowest BCUT2D eigenvalue weighted by Gasteiger charge is -2.29. The van der Waals surface area contributed by atoms with Crippen LogP contribution in [0.2, 0.25) is 0 Å². The Morgan fingerprint density at radius 3 is 2.39 bits per heavy atom. The second-order valence-corrected chi connectivity index (χ2v) is 8.41. The van der Waals surface area contributed by atoms with E-state index in [-0.39, 0.29) is 11.9 Å². The standard InChI is InChI=1S/C26H33N3O4/c1-4-33-20-10-8-19(9-11-20)24-17-23(22-13-12-21(31-2)16-25(22)32-3)27-29(24)26(30)18-28-14-6-5-7-15-28/h8-13,16,24H,4-7,14-15,17-18H2,1-3H3/t24-/m0/s1. The van der Waals surface area contributed by atoms with Crippen molar-refractivity contribution in [2.24, 2.45) is 5.10 Å². The van der Waals surface area contributed by atoms with Crippen molar-refractivity contribution in [2.75, 3.05) is 40.5 Å². The number of ether oxygens (including phenoxy) is 3. The van der Waals surface area contributed by atoms with Crippen LogP contribution in [0.4, 0.5) is 0 Å². The molecule has 2 aromatic rings. The summed E-state index contributed by atoms with van der Waals surface area (Å²) in [6.07, 6.45) is 4.14. The molecule has 1 saturated heterocycles.